The van der Waals surface area contributed by atoms with E-state index in [0.717, 1.165) is 6.42 Å². The minimum Gasteiger partial charge on any atom is -0.463 e. The van der Waals surface area contributed by atoms with Crippen molar-refractivity contribution in [3.63, 3.8) is 0 Å². The van der Waals surface area contributed by atoms with Crippen molar-refractivity contribution < 1.29 is 19.1 Å². The summed E-state index contributed by atoms with van der Waals surface area (Å²) in [6.45, 7) is 3.94. The summed E-state index contributed by atoms with van der Waals surface area (Å²) in [4.78, 5) is 22.9. The number of hydrogen-bond donors (Lipinski definition) is 0. The fourth-order valence-corrected chi connectivity index (χ4v) is 2.16. The molecule has 82 valence electrons. The predicted molar refractivity (Wildman–Crippen MR) is 51.9 cm³/mol. The zero-order chi connectivity index (χ0) is 11.0. The summed E-state index contributed by atoms with van der Waals surface area (Å²) in [6, 6.07) is 0. The van der Waals surface area contributed by atoms with Crippen molar-refractivity contribution in [2.75, 3.05) is 6.61 Å². The highest BCUT2D eigenvalue weighted by molar-refractivity contribution is 5.98. The van der Waals surface area contributed by atoms with Crippen LogP contribution in [0.25, 0.3) is 0 Å². The number of fused-ring (bicyclic) bond motifs is 1. The van der Waals surface area contributed by atoms with Crippen molar-refractivity contribution in [3.05, 3.63) is 11.6 Å². The first-order chi connectivity index (χ1) is 7.13. The molecule has 2 rings (SSSR count). The normalized spacial score (nSPS) is 33.3. The van der Waals surface area contributed by atoms with Crippen LogP contribution in [-0.4, -0.2) is 24.6 Å². The smallest absolute Gasteiger partial charge is 0.334 e. The van der Waals surface area contributed by atoms with Crippen LogP contribution in [0.5, 0.6) is 0 Å². The first-order valence-electron chi connectivity index (χ1n) is 5.22. The monoisotopic (exact) mass is 210 g/mol. The Morgan fingerprint density at radius 2 is 2.40 bits per heavy atom. The highest BCUT2D eigenvalue weighted by Gasteiger charge is 2.47. The predicted octanol–water partition coefficient (Wildman–Crippen LogP) is 1.06. The lowest BCUT2D eigenvalue weighted by Crippen LogP contribution is -2.44. The Labute approximate surface area is 88.2 Å². The van der Waals surface area contributed by atoms with Gasteiger partial charge in [0.1, 0.15) is 0 Å². The number of hydrogen-bond acceptors (Lipinski definition) is 4. The van der Waals surface area contributed by atoms with Gasteiger partial charge < -0.3 is 9.47 Å². The number of ether oxygens (including phenoxy) is 2. The van der Waals surface area contributed by atoms with Crippen molar-refractivity contribution in [1.82, 2.24) is 0 Å². The number of carbonyl (C=O) groups excluding carboxylic acids is 2. The molecule has 2 aliphatic rings. The van der Waals surface area contributed by atoms with Crippen molar-refractivity contribution in [2.45, 2.75) is 26.4 Å². The molecule has 0 amide bonds. The van der Waals surface area contributed by atoms with E-state index < -0.39 is 0 Å². The molecule has 4 nitrogen and oxygen atoms in total. The SMILES string of the molecule is CCOC(=O)C1=C[C@H]2C[C@@H](C)OC(=O)[C@@H]12. The maximum Gasteiger partial charge on any atom is 0.334 e. The Morgan fingerprint density at radius 3 is 3.00 bits per heavy atom. The van der Waals surface area contributed by atoms with Gasteiger partial charge in [0.05, 0.1) is 18.6 Å². The minimum atomic E-state index is -0.384. The molecule has 0 bridgehead atoms. The molecule has 0 saturated carbocycles. The van der Waals surface area contributed by atoms with Gasteiger partial charge in [0.15, 0.2) is 0 Å². The Bertz CT molecular complexity index is 331. The molecule has 1 aliphatic carbocycles. The van der Waals surface area contributed by atoms with Crippen molar-refractivity contribution in [3.8, 4) is 0 Å². The van der Waals surface area contributed by atoms with Crippen LogP contribution in [0.1, 0.15) is 20.3 Å². The highest BCUT2D eigenvalue weighted by atomic mass is 16.5. The molecular formula is C11H14O4. The molecule has 15 heavy (non-hydrogen) atoms. The summed E-state index contributed by atoms with van der Waals surface area (Å²) in [6.07, 6.45) is 2.59. The molecule has 0 aromatic carbocycles. The van der Waals surface area contributed by atoms with Gasteiger partial charge in [-0.2, -0.15) is 0 Å². The van der Waals surface area contributed by atoms with Crippen molar-refractivity contribution >= 4 is 11.9 Å². The highest BCUT2D eigenvalue weighted by Crippen LogP contribution is 2.42. The zero-order valence-electron chi connectivity index (χ0n) is 8.86. The molecule has 1 saturated heterocycles. The van der Waals surface area contributed by atoms with Crippen LogP contribution in [0.15, 0.2) is 11.6 Å². The Kier molecular flexibility index (Phi) is 2.50. The van der Waals surface area contributed by atoms with Gasteiger partial charge in [-0.3, -0.25) is 4.79 Å². The number of carbonyl (C=O) groups is 2. The Balaban J connectivity index is 2.09. The first kappa shape index (κ1) is 10.2. The van der Waals surface area contributed by atoms with Crippen LogP contribution in [-0.2, 0) is 19.1 Å². The van der Waals surface area contributed by atoms with Crippen LogP contribution in [0.4, 0.5) is 0 Å². The molecule has 0 aromatic rings. The van der Waals surface area contributed by atoms with E-state index in [2.05, 4.69) is 0 Å². The summed E-state index contributed by atoms with van der Waals surface area (Å²) >= 11 is 0. The summed E-state index contributed by atoms with van der Waals surface area (Å²) in [5.41, 5.74) is 0.471. The van der Waals surface area contributed by atoms with Crippen molar-refractivity contribution in [1.29, 1.82) is 0 Å². The first-order valence-corrected chi connectivity index (χ1v) is 5.22. The van der Waals surface area contributed by atoms with Crippen LogP contribution in [0, 0.1) is 11.8 Å². The average Bonchev–Trinajstić information content (AvgIpc) is 2.09. The lowest BCUT2D eigenvalue weighted by molar-refractivity contribution is -0.164. The Morgan fingerprint density at radius 1 is 1.67 bits per heavy atom. The van der Waals surface area contributed by atoms with Crippen LogP contribution in [0.2, 0.25) is 0 Å². The third kappa shape index (κ3) is 1.64. The molecule has 0 unspecified atom stereocenters. The van der Waals surface area contributed by atoms with Gasteiger partial charge in [0.25, 0.3) is 0 Å². The lowest BCUT2D eigenvalue weighted by atomic mass is 9.70. The second-order valence-corrected chi connectivity index (χ2v) is 3.97. The van der Waals surface area contributed by atoms with Crippen LogP contribution < -0.4 is 0 Å². The van der Waals surface area contributed by atoms with E-state index in [1.165, 1.54) is 0 Å². The zero-order valence-corrected chi connectivity index (χ0v) is 8.86. The van der Waals surface area contributed by atoms with Gasteiger partial charge in [-0.15, -0.1) is 0 Å². The Hall–Kier alpha value is -1.32. The molecule has 0 radical (unpaired) electrons. The standard InChI is InChI=1S/C11H14O4/c1-3-14-10(12)8-5-7-4-6(2)15-11(13)9(7)8/h5-7,9H,3-4H2,1-2H3/t6-,7-,9-/m1/s1. The van der Waals surface area contributed by atoms with E-state index in [-0.39, 0.29) is 29.9 Å². The molecule has 1 fully saturated rings. The van der Waals surface area contributed by atoms with Crippen LogP contribution >= 0.6 is 0 Å². The van der Waals surface area contributed by atoms with Crippen molar-refractivity contribution in [2.24, 2.45) is 11.8 Å². The summed E-state index contributed by atoms with van der Waals surface area (Å²) in [5.74, 6) is -0.879. The largest absolute Gasteiger partial charge is 0.463 e. The topological polar surface area (TPSA) is 52.6 Å². The third-order valence-corrected chi connectivity index (χ3v) is 2.84. The lowest BCUT2D eigenvalue weighted by Gasteiger charge is -2.39. The van der Waals surface area contributed by atoms with Gasteiger partial charge in [0.2, 0.25) is 0 Å². The fourth-order valence-electron chi connectivity index (χ4n) is 2.16. The fraction of sp³-hybridized carbons (Fsp3) is 0.636. The van der Waals surface area contributed by atoms with Gasteiger partial charge in [0, 0.05) is 5.57 Å². The number of esters is 2. The van der Waals surface area contributed by atoms with E-state index >= 15 is 0 Å². The van der Waals surface area contributed by atoms with E-state index in [9.17, 15) is 9.59 Å². The summed E-state index contributed by atoms with van der Waals surface area (Å²) in [7, 11) is 0. The van der Waals surface area contributed by atoms with E-state index in [0.29, 0.717) is 12.2 Å². The second kappa shape index (κ2) is 3.68. The van der Waals surface area contributed by atoms with Crippen LogP contribution in [0.3, 0.4) is 0 Å². The van der Waals surface area contributed by atoms with Gasteiger partial charge >= 0.3 is 11.9 Å². The quantitative estimate of drug-likeness (QED) is 0.639. The van der Waals surface area contributed by atoms with E-state index in [4.69, 9.17) is 9.47 Å². The summed E-state index contributed by atoms with van der Waals surface area (Å²) in [5, 5.41) is 0. The average molecular weight is 210 g/mol. The maximum absolute atomic E-state index is 11.5. The molecule has 0 N–H and O–H groups in total. The molecule has 1 aliphatic heterocycles. The number of rotatable bonds is 2. The number of allylic oxidation sites excluding steroid dienone is 1. The number of cyclic esters (lactones) is 1. The van der Waals surface area contributed by atoms with E-state index in [1.807, 2.05) is 13.0 Å². The molecule has 0 spiro atoms. The van der Waals surface area contributed by atoms with Gasteiger partial charge in [-0.05, 0) is 26.2 Å². The van der Waals surface area contributed by atoms with E-state index in [1.54, 1.807) is 6.92 Å². The van der Waals surface area contributed by atoms with Gasteiger partial charge in [-0.1, -0.05) is 6.08 Å². The molecule has 1 heterocycles. The minimum absolute atomic E-state index is 0.0428. The van der Waals surface area contributed by atoms with Gasteiger partial charge in [-0.25, -0.2) is 4.79 Å². The molecular weight excluding hydrogens is 196 g/mol. The summed E-state index contributed by atoms with van der Waals surface area (Å²) < 4.78 is 9.95. The maximum atomic E-state index is 11.5. The second-order valence-electron chi connectivity index (χ2n) is 3.97. The third-order valence-electron chi connectivity index (χ3n) is 2.84. The molecule has 4 heteroatoms. The molecule has 0 aromatic heterocycles. The molecule has 3 atom stereocenters.